The number of allylic oxidation sites excluding steroid dienone is 3. The summed E-state index contributed by atoms with van der Waals surface area (Å²) in [6.07, 6.45) is 7.32. The van der Waals surface area contributed by atoms with Crippen LogP contribution in [0.2, 0.25) is 0 Å². The molecule has 1 aromatic rings. The summed E-state index contributed by atoms with van der Waals surface area (Å²) in [6.45, 7) is 8.36. The van der Waals surface area contributed by atoms with E-state index >= 15 is 0 Å². The standard InChI is InChI=1S/C16H23NO2/c1-5-11(2)8-12(3)9-13(4)10-14-15(18)6-7-17-16(14)19/h5-7,10,12H,8-9H2,1-4H3,(H2,17,18,19)/b11-5+,13-10+/t12-/m0/s1. The van der Waals surface area contributed by atoms with Crippen molar-refractivity contribution < 1.29 is 5.11 Å². The van der Waals surface area contributed by atoms with Gasteiger partial charge in [0.2, 0.25) is 0 Å². The van der Waals surface area contributed by atoms with Gasteiger partial charge in [0, 0.05) is 6.20 Å². The minimum Gasteiger partial charge on any atom is -0.507 e. The van der Waals surface area contributed by atoms with Crippen LogP contribution in [-0.2, 0) is 0 Å². The maximum atomic E-state index is 11.6. The fourth-order valence-electron chi connectivity index (χ4n) is 2.21. The van der Waals surface area contributed by atoms with Crippen molar-refractivity contribution in [1.82, 2.24) is 4.98 Å². The number of hydrogen-bond donors (Lipinski definition) is 2. The topological polar surface area (TPSA) is 53.1 Å². The number of nitrogens with one attached hydrogen (secondary N) is 1. The van der Waals surface area contributed by atoms with Crippen LogP contribution in [0.15, 0.2) is 34.3 Å². The van der Waals surface area contributed by atoms with Gasteiger partial charge in [-0.3, -0.25) is 4.79 Å². The van der Waals surface area contributed by atoms with Crippen molar-refractivity contribution >= 4 is 6.08 Å². The molecular weight excluding hydrogens is 238 g/mol. The maximum Gasteiger partial charge on any atom is 0.258 e. The monoisotopic (exact) mass is 261 g/mol. The average Bonchev–Trinajstić information content (AvgIpc) is 2.33. The van der Waals surface area contributed by atoms with Gasteiger partial charge in [-0.15, -0.1) is 0 Å². The number of hydrogen-bond acceptors (Lipinski definition) is 2. The van der Waals surface area contributed by atoms with E-state index in [4.69, 9.17) is 0 Å². The highest BCUT2D eigenvalue weighted by Crippen LogP contribution is 2.22. The van der Waals surface area contributed by atoms with Crippen molar-refractivity contribution in [3.63, 3.8) is 0 Å². The average molecular weight is 261 g/mol. The summed E-state index contributed by atoms with van der Waals surface area (Å²) in [5.41, 5.74) is 2.57. The molecule has 1 heterocycles. The van der Waals surface area contributed by atoms with Crippen molar-refractivity contribution in [3.8, 4) is 5.75 Å². The molecule has 0 saturated carbocycles. The van der Waals surface area contributed by atoms with Crippen molar-refractivity contribution in [1.29, 1.82) is 0 Å². The van der Waals surface area contributed by atoms with Gasteiger partial charge in [-0.2, -0.15) is 0 Å². The second-order valence-electron chi connectivity index (χ2n) is 5.24. The molecule has 0 aliphatic heterocycles. The molecule has 0 aromatic carbocycles. The van der Waals surface area contributed by atoms with Crippen molar-refractivity contribution in [2.45, 2.75) is 40.5 Å². The molecule has 19 heavy (non-hydrogen) atoms. The zero-order valence-electron chi connectivity index (χ0n) is 12.2. The third-order valence-corrected chi connectivity index (χ3v) is 3.20. The molecule has 0 aliphatic carbocycles. The highest BCUT2D eigenvalue weighted by molar-refractivity contribution is 5.57. The van der Waals surface area contributed by atoms with Gasteiger partial charge in [-0.1, -0.05) is 24.1 Å². The first-order valence-electron chi connectivity index (χ1n) is 6.63. The lowest BCUT2D eigenvalue weighted by Crippen LogP contribution is -2.08. The number of pyridine rings is 1. The van der Waals surface area contributed by atoms with Crippen LogP contribution in [0, 0.1) is 5.92 Å². The largest absolute Gasteiger partial charge is 0.507 e. The van der Waals surface area contributed by atoms with Gasteiger partial charge in [-0.25, -0.2) is 0 Å². The van der Waals surface area contributed by atoms with Crippen LogP contribution < -0.4 is 5.56 Å². The molecule has 1 aromatic heterocycles. The van der Waals surface area contributed by atoms with E-state index in [2.05, 4.69) is 24.9 Å². The zero-order valence-corrected chi connectivity index (χ0v) is 12.2. The Kier molecular flexibility index (Phi) is 5.61. The molecule has 0 spiro atoms. The molecule has 3 nitrogen and oxygen atoms in total. The predicted octanol–water partition coefficient (Wildman–Crippen LogP) is 3.87. The Bertz CT molecular complexity index is 538. The van der Waals surface area contributed by atoms with Gasteiger partial charge in [0.25, 0.3) is 5.56 Å². The van der Waals surface area contributed by atoms with Crippen molar-refractivity contribution in [2.24, 2.45) is 5.92 Å². The summed E-state index contributed by atoms with van der Waals surface area (Å²) in [6, 6.07) is 1.49. The van der Waals surface area contributed by atoms with E-state index in [-0.39, 0.29) is 11.3 Å². The van der Waals surface area contributed by atoms with E-state index < -0.39 is 0 Å². The van der Waals surface area contributed by atoms with Gasteiger partial charge in [-0.05, 0) is 51.7 Å². The number of aromatic amines is 1. The van der Waals surface area contributed by atoms with E-state index in [0.717, 1.165) is 18.4 Å². The summed E-state index contributed by atoms with van der Waals surface area (Å²) < 4.78 is 0. The first-order valence-corrected chi connectivity index (χ1v) is 6.63. The molecule has 0 radical (unpaired) electrons. The van der Waals surface area contributed by atoms with E-state index in [1.807, 2.05) is 13.8 Å². The molecule has 3 heteroatoms. The molecule has 0 fully saturated rings. The van der Waals surface area contributed by atoms with E-state index in [1.165, 1.54) is 17.8 Å². The van der Waals surface area contributed by atoms with Gasteiger partial charge in [0.1, 0.15) is 5.75 Å². The Morgan fingerprint density at radius 3 is 2.58 bits per heavy atom. The van der Waals surface area contributed by atoms with Crippen LogP contribution >= 0.6 is 0 Å². The van der Waals surface area contributed by atoms with Crippen LogP contribution in [0.4, 0.5) is 0 Å². The Morgan fingerprint density at radius 1 is 1.37 bits per heavy atom. The summed E-state index contributed by atoms with van der Waals surface area (Å²) in [5, 5.41) is 9.68. The second-order valence-corrected chi connectivity index (χ2v) is 5.24. The lowest BCUT2D eigenvalue weighted by molar-refractivity contribution is 0.472. The van der Waals surface area contributed by atoms with Gasteiger partial charge in [0.15, 0.2) is 0 Å². The first kappa shape index (κ1) is 15.3. The van der Waals surface area contributed by atoms with E-state index in [1.54, 1.807) is 6.08 Å². The third kappa shape index (κ3) is 4.78. The van der Waals surface area contributed by atoms with E-state index in [9.17, 15) is 9.90 Å². The lowest BCUT2D eigenvalue weighted by atomic mass is 9.94. The van der Waals surface area contributed by atoms with Crippen LogP contribution in [0.1, 0.15) is 46.1 Å². The Labute approximate surface area is 114 Å². The molecule has 104 valence electrons. The Hall–Kier alpha value is -1.77. The molecule has 1 rings (SSSR count). The second kappa shape index (κ2) is 6.98. The summed E-state index contributed by atoms with van der Waals surface area (Å²) in [7, 11) is 0. The number of rotatable bonds is 5. The molecule has 0 amide bonds. The third-order valence-electron chi connectivity index (χ3n) is 3.20. The quantitative estimate of drug-likeness (QED) is 0.791. The minimum absolute atomic E-state index is 0.0281. The first-order chi connectivity index (χ1) is 8.93. The normalized spacial score (nSPS) is 14.5. The smallest absolute Gasteiger partial charge is 0.258 e. The fraction of sp³-hybridized carbons (Fsp3) is 0.438. The Morgan fingerprint density at radius 2 is 2.00 bits per heavy atom. The maximum absolute atomic E-state index is 11.6. The van der Waals surface area contributed by atoms with Gasteiger partial charge >= 0.3 is 0 Å². The SMILES string of the molecule is C/C=C(\C)C[C@H](C)C/C(C)=C/c1c(O)cc[nH]c1=O. The van der Waals surface area contributed by atoms with E-state index in [0.29, 0.717) is 11.5 Å². The summed E-state index contributed by atoms with van der Waals surface area (Å²) >= 11 is 0. The van der Waals surface area contributed by atoms with Crippen LogP contribution in [-0.4, -0.2) is 10.1 Å². The van der Waals surface area contributed by atoms with Crippen molar-refractivity contribution in [3.05, 3.63) is 45.4 Å². The van der Waals surface area contributed by atoms with Crippen LogP contribution in [0.3, 0.4) is 0 Å². The molecule has 2 N–H and O–H groups in total. The minimum atomic E-state index is -0.253. The lowest BCUT2D eigenvalue weighted by Gasteiger charge is -2.12. The molecule has 0 unspecified atom stereocenters. The number of H-pyrrole nitrogens is 1. The summed E-state index contributed by atoms with van der Waals surface area (Å²) in [4.78, 5) is 14.2. The van der Waals surface area contributed by atoms with Gasteiger partial charge < -0.3 is 10.1 Å². The molecule has 0 bridgehead atoms. The number of aromatic nitrogens is 1. The van der Waals surface area contributed by atoms with Crippen LogP contribution in [0.25, 0.3) is 6.08 Å². The summed E-state index contributed by atoms with van der Waals surface area (Å²) in [5.74, 6) is 0.553. The van der Waals surface area contributed by atoms with Gasteiger partial charge in [0.05, 0.1) is 5.56 Å². The predicted molar refractivity (Wildman–Crippen MR) is 80.2 cm³/mol. The number of aromatic hydroxyl groups is 1. The van der Waals surface area contributed by atoms with Crippen LogP contribution in [0.5, 0.6) is 5.75 Å². The molecule has 0 saturated heterocycles. The Balaban J connectivity index is 2.80. The highest BCUT2D eigenvalue weighted by atomic mass is 16.3. The zero-order chi connectivity index (χ0) is 14.4. The molecular formula is C16H23NO2. The molecule has 1 atom stereocenters. The fourth-order valence-corrected chi connectivity index (χ4v) is 2.21. The molecule has 0 aliphatic rings. The van der Waals surface area contributed by atoms with Crippen molar-refractivity contribution in [2.75, 3.05) is 0 Å². The highest BCUT2D eigenvalue weighted by Gasteiger charge is 2.07.